The molecule has 0 fully saturated rings. The molecule has 6 nitrogen and oxygen atoms in total. The van der Waals surface area contributed by atoms with Gasteiger partial charge in [0.15, 0.2) is 10.9 Å². The number of rotatable bonds is 3. The number of nitrogens with zero attached hydrogens (tertiary/aromatic N) is 1. The number of carbonyl (C=O) groups excluding carboxylic acids is 1. The zero-order valence-electron chi connectivity index (χ0n) is 12.6. The maximum Gasteiger partial charge on any atom is 0.232 e. The number of thiocarbonyl (C=S) groups is 1. The number of nitrogens with one attached hydrogen (secondary N) is 3. The molecule has 1 aliphatic rings. The molecule has 0 aromatic heterocycles. The van der Waals surface area contributed by atoms with Gasteiger partial charge in [0, 0.05) is 5.69 Å². The summed E-state index contributed by atoms with van der Waals surface area (Å²) in [5, 5.41) is 9.88. The van der Waals surface area contributed by atoms with Crippen LogP contribution in [-0.2, 0) is 0 Å². The Balaban J connectivity index is 1.63. The smallest absolute Gasteiger partial charge is 0.232 e. The van der Waals surface area contributed by atoms with E-state index < -0.39 is 11.6 Å². The standard InChI is InChI=1S/C16H13FN4O2S/c1-23-11-5-3-10(4-6-11)18-16(24)21-20-15-14(22)12-8-9(17)2-7-13(12)19-15/h2-8H,1H3,(H2,18,21,24)(H,19,20,22). The van der Waals surface area contributed by atoms with Crippen molar-refractivity contribution in [1.82, 2.24) is 5.43 Å². The second kappa shape index (κ2) is 6.63. The topological polar surface area (TPSA) is 74.8 Å². The molecule has 3 rings (SSSR count). The quantitative estimate of drug-likeness (QED) is 0.587. The molecule has 0 amide bonds. The summed E-state index contributed by atoms with van der Waals surface area (Å²) in [6.45, 7) is 0. The number of Topliss-reactive ketones (excluding diaryl/α,β-unsaturated/α-hetero) is 1. The SMILES string of the molecule is COc1ccc(NC(=S)NN=C2Nc3ccc(F)cc3C2=O)cc1. The number of carbonyl (C=O) groups is 1. The maximum atomic E-state index is 13.2. The van der Waals surface area contributed by atoms with Crippen molar-refractivity contribution in [1.29, 1.82) is 0 Å². The van der Waals surface area contributed by atoms with Crippen molar-refractivity contribution in [2.24, 2.45) is 5.10 Å². The molecule has 8 heteroatoms. The first-order valence-electron chi connectivity index (χ1n) is 6.97. The van der Waals surface area contributed by atoms with Gasteiger partial charge in [0.05, 0.1) is 18.4 Å². The lowest BCUT2D eigenvalue weighted by Gasteiger charge is -2.08. The number of benzene rings is 2. The molecule has 0 bridgehead atoms. The van der Waals surface area contributed by atoms with E-state index in [9.17, 15) is 9.18 Å². The third-order valence-corrected chi connectivity index (χ3v) is 3.50. The molecule has 122 valence electrons. The van der Waals surface area contributed by atoms with Crippen LogP contribution in [0.1, 0.15) is 10.4 Å². The molecule has 0 unspecified atom stereocenters. The fourth-order valence-corrected chi connectivity index (χ4v) is 2.31. The fourth-order valence-electron chi connectivity index (χ4n) is 2.14. The van der Waals surface area contributed by atoms with E-state index in [1.807, 2.05) is 0 Å². The zero-order chi connectivity index (χ0) is 17.1. The Morgan fingerprint density at radius 3 is 2.71 bits per heavy atom. The number of hydrogen-bond acceptors (Lipinski definition) is 4. The molecule has 0 radical (unpaired) electrons. The van der Waals surface area contributed by atoms with Crippen LogP contribution < -0.4 is 20.8 Å². The summed E-state index contributed by atoms with van der Waals surface area (Å²) in [7, 11) is 1.58. The molecular weight excluding hydrogens is 331 g/mol. The number of hydrogen-bond donors (Lipinski definition) is 3. The van der Waals surface area contributed by atoms with E-state index in [1.165, 1.54) is 18.2 Å². The summed E-state index contributed by atoms with van der Waals surface area (Å²) in [6, 6.07) is 11.1. The lowest BCUT2D eigenvalue weighted by Crippen LogP contribution is -2.27. The van der Waals surface area contributed by atoms with E-state index in [0.29, 0.717) is 5.69 Å². The number of hydrazone groups is 1. The maximum absolute atomic E-state index is 13.2. The van der Waals surface area contributed by atoms with Crippen molar-refractivity contribution in [2.45, 2.75) is 0 Å². The van der Waals surface area contributed by atoms with Gasteiger partial charge in [0.1, 0.15) is 11.6 Å². The molecule has 0 aliphatic carbocycles. The van der Waals surface area contributed by atoms with Gasteiger partial charge < -0.3 is 15.4 Å². The van der Waals surface area contributed by atoms with E-state index in [4.69, 9.17) is 17.0 Å². The van der Waals surface area contributed by atoms with E-state index in [0.717, 1.165) is 11.4 Å². The molecule has 2 aromatic carbocycles. The predicted molar refractivity (Wildman–Crippen MR) is 94.1 cm³/mol. The molecule has 0 atom stereocenters. The average molecular weight is 344 g/mol. The van der Waals surface area contributed by atoms with Crippen molar-refractivity contribution in [2.75, 3.05) is 17.7 Å². The number of anilines is 2. The molecule has 1 aliphatic heterocycles. The Bertz CT molecular complexity index is 836. The number of fused-ring (bicyclic) bond motifs is 1. The third-order valence-electron chi connectivity index (χ3n) is 3.31. The highest BCUT2D eigenvalue weighted by Gasteiger charge is 2.26. The number of halogens is 1. The van der Waals surface area contributed by atoms with Gasteiger partial charge in [0.2, 0.25) is 5.78 Å². The van der Waals surface area contributed by atoms with Crippen molar-refractivity contribution in [3.8, 4) is 5.75 Å². The summed E-state index contributed by atoms with van der Waals surface area (Å²) in [5.41, 5.74) is 4.07. The zero-order valence-corrected chi connectivity index (χ0v) is 13.4. The largest absolute Gasteiger partial charge is 0.497 e. The van der Waals surface area contributed by atoms with Crippen molar-refractivity contribution >= 4 is 40.3 Å². The lowest BCUT2D eigenvalue weighted by atomic mass is 10.1. The Morgan fingerprint density at radius 1 is 1.25 bits per heavy atom. The summed E-state index contributed by atoms with van der Waals surface area (Å²) in [5.74, 6) is -0.0982. The third kappa shape index (κ3) is 3.33. The van der Waals surface area contributed by atoms with Gasteiger partial charge in [-0.3, -0.25) is 10.2 Å². The molecule has 0 spiro atoms. The number of ketones is 1. The Hall–Kier alpha value is -3.00. The normalized spacial score (nSPS) is 14.1. The lowest BCUT2D eigenvalue weighted by molar-refractivity contribution is 0.106. The first kappa shape index (κ1) is 15.9. The van der Waals surface area contributed by atoms with Crippen LogP contribution >= 0.6 is 12.2 Å². The summed E-state index contributed by atoms with van der Waals surface area (Å²) < 4.78 is 18.3. The van der Waals surface area contributed by atoms with Crippen LogP contribution in [0.2, 0.25) is 0 Å². The van der Waals surface area contributed by atoms with Crippen molar-refractivity contribution in [3.63, 3.8) is 0 Å². The van der Waals surface area contributed by atoms with Crippen molar-refractivity contribution in [3.05, 3.63) is 53.8 Å². The highest BCUT2D eigenvalue weighted by atomic mass is 32.1. The van der Waals surface area contributed by atoms with Crippen LogP contribution in [0, 0.1) is 5.82 Å². The Kier molecular flexibility index (Phi) is 4.39. The highest BCUT2D eigenvalue weighted by molar-refractivity contribution is 7.80. The summed E-state index contributed by atoms with van der Waals surface area (Å²) in [4.78, 5) is 12.1. The molecule has 0 saturated carbocycles. The van der Waals surface area contributed by atoms with Crippen LogP contribution in [0.4, 0.5) is 15.8 Å². The van der Waals surface area contributed by atoms with E-state index in [-0.39, 0.29) is 16.5 Å². The monoisotopic (exact) mass is 344 g/mol. The van der Waals surface area contributed by atoms with E-state index in [2.05, 4.69) is 21.2 Å². The first-order valence-corrected chi connectivity index (χ1v) is 7.37. The van der Waals surface area contributed by atoms with Crippen LogP contribution in [0.15, 0.2) is 47.6 Å². The minimum Gasteiger partial charge on any atom is -0.497 e. The summed E-state index contributed by atoms with van der Waals surface area (Å²) in [6.07, 6.45) is 0. The van der Waals surface area contributed by atoms with E-state index >= 15 is 0 Å². The van der Waals surface area contributed by atoms with Crippen LogP contribution in [0.5, 0.6) is 5.75 Å². The van der Waals surface area contributed by atoms with Crippen LogP contribution in [-0.4, -0.2) is 23.8 Å². The minimum absolute atomic E-state index is 0.0504. The number of methoxy groups -OCH3 is 1. The predicted octanol–water partition coefficient (Wildman–Crippen LogP) is 2.74. The fraction of sp³-hybridized carbons (Fsp3) is 0.0625. The first-order chi connectivity index (χ1) is 11.6. The van der Waals surface area contributed by atoms with Gasteiger partial charge in [0.25, 0.3) is 0 Å². The van der Waals surface area contributed by atoms with E-state index in [1.54, 1.807) is 31.4 Å². The van der Waals surface area contributed by atoms with Gasteiger partial charge in [-0.1, -0.05) is 0 Å². The number of ether oxygens (including phenoxy) is 1. The average Bonchev–Trinajstić information content (AvgIpc) is 2.89. The van der Waals surface area contributed by atoms with Crippen molar-refractivity contribution < 1.29 is 13.9 Å². The number of amidine groups is 1. The minimum atomic E-state index is -0.477. The Morgan fingerprint density at radius 2 is 2.00 bits per heavy atom. The molecule has 24 heavy (non-hydrogen) atoms. The molecule has 2 aromatic rings. The second-order valence-electron chi connectivity index (χ2n) is 4.90. The van der Waals surface area contributed by atoms with Crippen LogP contribution in [0.3, 0.4) is 0 Å². The Labute approximate surface area is 142 Å². The second-order valence-corrected chi connectivity index (χ2v) is 5.31. The molecule has 0 saturated heterocycles. The van der Waals surface area contributed by atoms with Crippen LogP contribution in [0.25, 0.3) is 0 Å². The summed E-state index contributed by atoms with van der Waals surface area (Å²) >= 11 is 5.12. The van der Waals surface area contributed by atoms with Gasteiger partial charge in [-0.2, -0.15) is 5.10 Å². The van der Waals surface area contributed by atoms with Gasteiger partial charge >= 0.3 is 0 Å². The molecule has 3 N–H and O–H groups in total. The molecular formula is C16H13FN4O2S. The van der Waals surface area contributed by atoms with Gasteiger partial charge in [-0.15, -0.1) is 0 Å². The van der Waals surface area contributed by atoms with Gasteiger partial charge in [-0.25, -0.2) is 4.39 Å². The molecule has 1 heterocycles. The van der Waals surface area contributed by atoms with Gasteiger partial charge in [-0.05, 0) is 54.7 Å². The highest BCUT2D eigenvalue weighted by Crippen LogP contribution is 2.23.